The van der Waals surface area contributed by atoms with E-state index in [0.29, 0.717) is 12.1 Å². The Morgan fingerprint density at radius 1 is 1.43 bits per heavy atom. The smallest absolute Gasteiger partial charge is 0.395 e. The molecule has 1 aromatic rings. The number of likely N-dealkylation sites (N-methyl/N-ethyl adjacent to an activating group) is 1. The maximum atomic E-state index is 12.0. The van der Waals surface area contributed by atoms with Crippen molar-refractivity contribution in [3.05, 3.63) is 11.4 Å². The third kappa shape index (κ3) is 4.65. The van der Waals surface area contributed by atoms with Gasteiger partial charge in [0.2, 0.25) is 5.91 Å². The second-order valence-corrected chi connectivity index (χ2v) is 4.37. The van der Waals surface area contributed by atoms with E-state index in [2.05, 4.69) is 10.2 Å². The second kappa shape index (κ2) is 6.46. The standard InChI is InChI=1S/C11H16F3N5O2/c1-3-6-8(15)9(18-17-6)10(21)19(2)4-7(20)16-5-11(12,13)14/h3-5,15H2,1-2H3,(H,16,20)(H,17,18). The number of amides is 2. The molecule has 0 radical (unpaired) electrons. The minimum atomic E-state index is -4.50. The van der Waals surface area contributed by atoms with Crippen LogP contribution in [0.5, 0.6) is 0 Å². The Balaban J connectivity index is 2.62. The minimum Gasteiger partial charge on any atom is -0.395 e. The highest BCUT2D eigenvalue weighted by atomic mass is 19.4. The number of rotatable bonds is 5. The molecule has 0 aliphatic heterocycles. The van der Waals surface area contributed by atoms with Crippen LogP contribution in [0.3, 0.4) is 0 Å². The molecule has 7 nitrogen and oxygen atoms in total. The first-order chi connectivity index (χ1) is 9.65. The molecule has 0 fully saturated rings. The largest absolute Gasteiger partial charge is 0.405 e. The van der Waals surface area contributed by atoms with E-state index in [0.717, 1.165) is 4.90 Å². The summed E-state index contributed by atoms with van der Waals surface area (Å²) >= 11 is 0. The Kier molecular flexibility index (Phi) is 5.17. The number of nitrogens with zero attached hydrogens (tertiary/aromatic N) is 2. The molecular formula is C11H16F3N5O2. The molecule has 21 heavy (non-hydrogen) atoms. The fourth-order valence-corrected chi connectivity index (χ4v) is 1.54. The molecule has 0 aliphatic carbocycles. The SMILES string of the molecule is CCc1[nH]nc(C(=O)N(C)CC(=O)NCC(F)(F)F)c1N. The van der Waals surface area contributed by atoms with Gasteiger partial charge in [-0.15, -0.1) is 0 Å². The van der Waals surface area contributed by atoms with Gasteiger partial charge in [0.15, 0.2) is 5.69 Å². The summed E-state index contributed by atoms with van der Waals surface area (Å²) in [5.41, 5.74) is 6.40. The summed E-state index contributed by atoms with van der Waals surface area (Å²) in [4.78, 5) is 24.3. The molecule has 0 aliphatic rings. The van der Waals surface area contributed by atoms with Gasteiger partial charge in [0, 0.05) is 7.05 Å². The van der Waals surface area contributed by atoms with Gasteiger partial charge in [-0.2, -0.15) is 18.3 Å². The molecule has 0 saturated heterocycles. The summed E-state index contributed by atoms with van der Waals surface area (Å²) in [5, 5.41) is 8.01. The number of nitrogens with one attached hydrogen (secondary N) is 2. The molecule has 1 heterocycles. The van der Waals surface area contributed by atoms with E-state index in [1.807, 2.05) is 6.92 Å². The van der Waals surface area contributed by atoms with Gasteiger partial charge in [-0.25, -0.2) is 0 Å². The zero-order chi connectivity index (χ0) is 16.2. The van der Waals surface area contributed by atoms with Crippen LogP contribution in [0.15, 0.2) is 0 Å². The number of carbonyl (C=O) groups excluding carboxylic acids is 2. The number of hydrogen-bond donors (Lipinski definition) is 3. The lowest BCUT2D eigenvalue weighted by molar-refractivity contribution is -0.138. The third-order valence-electron chi connectivity index (χ3n) is 2.65. The average molecular weight is 307 g/mol. The Bertz CT molecular complexity index is 526. The number of halogens is 3. The summed E-state index contributed by atoms with van der Waals surface area (Å²) < 4.78 is 35.8. The molecule has 1 rings (SSSR count). The molecule has 10 heteroatoms. The van der Waals surface area contributed by atoms with Crippen molar-refractivity contribution < 1.29 is 22.8 Å². The van der Waals surface area contributed by atoms with Gasteiger partial charge in [0.1, 0.15) is 6.54 Å². The van der Waals surface area contributed by atoms with Crippen molar-refractivity contribution in [2.24, 2.45) is 0 Å². The van der Waals surface area contributed by atoms with E-state index in [9.17, 15) is 22.8 Å². The molecule has 0 bridgehead atoms. The van der Waals surface area contributed by atoms with Crippen LogP contribution in [-0.2, 0) is 11.2 Å². The molecule has 0 saturated carbocycles. The highest BCUT2D eigenvalue weighted by Crippen LogP contribution is 2.16. The summed E-state index contributed by atoms with van der Waals surface area (Å²) in [7, 11) is 1.27. The Hall–Kier alpha value is -2.26. The fraction of sp³-hybridized carbons (Fsp3) is 0.545. The van der Waals surface area contributed by atoms with Gasteiger partial charge < -0.3 is 16.0 Å². The number of carbonyl (C=O) groups is 2. The number of anilines is 1. The summed E-state index contributed by atoms with van der Waals surface area (Å²) in [6, 6.07) is 0. The van der Waals surface area contributed by atoms with E-state index < -0.39 is 31.1 Å². The van der Waals surface area contributed by atoms with Gasteiger partial charge in [-0.05, 0) is 6.42 Å². The van der Waals surface area contributed by atoms with Crippen molar-refractivity contribution >= 4 is 17.5 Å². The van der Waals surface area contributed by atoms with E-state index in [4.69, 9.17) is 5.73 Å². The van der Waals surface area contributed by atoms with Crippen LogP contribution < -0.4 is 11.1 Å². The summed E-state index contributed by atoms with van der Waals surface area (Å²) in [5.74, 6) is -1.57. The predicted molar refractivity (Wildman–Crippen MR) is 68.4 cm³/mol. The predicted octanol–water partition coefficient (Wildman–Crippen LogP) is 0.305. The number of aromatic nitrogens is 2. The molecule has 118 valence electrons. The van der Waals surface area contributed by atoms with Crippen LogP contribution in [0.4, 0.5) is 18.9 Å². The monoisotopic (exact) mass is 307 g/mol. The summed E-state index contributed by atoms with van der Waals surface area (Å²) in [6.07, 6.45) is -3.96. The van der Waals surface area contributed by atoms with Crippen LogP contribution in [0.25, 0.3) is 0 Å². The van der Waals surface area contributed by atoms with Gasteiger partial charge in [-0.1, -0.05) is 6.92 Å². The van der Waals surface area contributed by atoms with Crippen molar-refractivity contribution in [3.63, 3.8) is 0 Å². The first kappa shape index (κ1) is 16.8. The van der Waals surface area contributed by atoms with Crippen molar-refractivity contribution in [1.82, 2.24) is 20.4 Å². The molecule has 0 aromatic carbocycles. The fourth-order valence-electron chi connectivity index (χ4n) is 1.54. The first-order valence-electron chi connectivity index (χ1n) is 6.07. The van der Waals surface area contributed by atoms with Gasteiger partial charge in [-0.3, -0.25) is 14.7 Å². The topological polar surface area (TPSA) is 104 Å². The number of aryl methyl sites for hydroxylation is 1. The van der Waals surface area contributed by atoms with Crippen molar-refractivity contribution in [2.45, 2.75) is 19.5 Å². The Labute approximate surface area is 118 Å². The zero-order valence-electron chi connectivity index (χ0n) is 11.5. The third-order valence-corrected chi connectivity index (χ3v) is 2.65. The number of nitrogens with two attached hydrogens (primary N) is 1. The molecule has 1 aromatic heterocycles. The Morgan fingerprint density at radius 3 is 2.52 bits per heavy atom. The molecular weight excluding hydrogens is 291 g/mol. The van der Waals surface area contributed by atoms with Crippen LogP contribution in [0.1, 0.15) is 23.1 Å². The lowest BCUT2D eigenvalue weighted by atomic mass is 10.2. The normalized spacial score (nSPS) is 11.3. The van der Waals surface area contributed by atoms with E-state index in [1.165, 1.54) is 7.05 Å². The van der Waals surface area contributed by atoms with Crippen molar-refractivity contribution in [3.8, 4) is 0 Å². The van der Waals surface area contributed by atoms with Gasteiger partial charge in [0.25, 0.3) is 5.91 Å². The van der Waals surface area contributed by atoms with E-state index in [-0.39, 0.29) is 11.4 Å². The number of alkyl halides is 3. The molecule has 2 amide bonds. The maximum absolute atomic E-state index is 12.0. The quantitative estimate of drug-likeness (QED) is 0.728. The second-order valence-electron chi connectivity index (χ2n) is 4.37. The molecule has 4 N–H and O–H groups in total. The lowest BCUT2D eigenvalue weighted by Gasteiger charge is -2.16. The van der Waals surface area contributed by atoms with Crippen LogP contribution in [0.2, 0.25) is 0 Å². The van der Waals surface area contributed by atoms with Crippen LogP contribution >= 0.6 is 0 Å². The molecule has 0 atom stereocenters. The van der Waals surface area contributed by atoms with Crippen molar-refractivity contribution in [1.29, 1.82) is 0 Å². The van der Waals surface area contributed by atoms with Crippen LogP contribution in [0, 0.1) is 0 Å². The van der Waals surface area contributed by atoms with Crippen LogP contribution in [-0.4, -0.2) is 53.2 Å². The van der Waals surface area contributed by atoms with Gasteiger partial charge >= 0.3 is 6.18 Å². The number of hydrogen-bond acceptors (Lipinski definition) is 4. The molecule has 0 unspecified atom stereocenters. The highest BCUT2D eigenvalue weighted by Gasteiger charge is 2.28. The van der Waals surface area contributed by atoms with E-state index >= 15 is 0 Å². The highest BCUT2D eigenvalue weighted by molar-refractivity contribution is 5.99. The molecule has 0 spiro atoms. The van der Waals surface area contributed by atoms with Gasteiger partial charge in [0.05, 0.1) is 17.9 Å². The lowest BCUT2D eigenvalue weighted by Crippen LogP contribution is -2.41. The number of H-pyrrole nitrogens is 1. The maximum Gasteiger partial charge on any atom is 0.405 e. The minimum absolute atomic E-state index is 0.0574. The average Bonchev–Trinajstić information content (AvgIpc) is 2.75. The summed E-state index contributed by atoms with van der Waals surface area (Å²) in [6.45, 7) is -0.159. The van der Waals surface area contributed by atoms with E-state index in [1.54, 1.807) is 5.32 Å². The Morgan fingerprint density at radius 2 is 2.05 bits per heavy atom. The zero-order valence-corrected chi connectivity index (χ0v) is 11.5. The first-order valence-corrected chi connectivity index (χ1v) is 6.07. The number of nitrogen functional groups attached to an aromatic ring is 1. The van der Waals surface area contributed by atoms with Crippen molar-refractivity contribution in [2.75, 3.05) is 25.9 Å². The number of aromatic amines is 1.